The molecule has 0 spiro atoms. The van der Waals surface area contributed by atoms with E-state index in [-0.39, 0.29) is 0 Å². The minimum Gasteiger partial charge on any atom is -0.292 e. The van der Waals surface area contributed by atoms with Crippen molar-refractivity contribution < 1.29 is 0 Å². The average molecular weight is 287 g/mol. The Hall–Kier alpha value is -1.86. The lowest BCUT2D eigenvalue weighted by molar-refractivity contribution is 0.0925. The van der Waals surface area contributed by atoms with Crippen LogP contribution < -0.4 is 0 Å². The van der Waals surface area contributed by atoms with Gasteiger partial charge in [-0.3, -0.25) is 4.90 Å². The van der Waals surface area contributed by atoms with Gasteiger partial charge in [-0.25, -0.2) is 0 Å². The van der Waals surface area contributed by atoms with E-state index in [2.05, 4.69) is 66.6 Å². The zero-order valence-electron chi connectivity index (χ0n) is 13.0. The molecule has 1 nitrogen and oxygen atoms in total. The molecule has 2 aromatic carbocycles. The van der Waals surface area contributed by atoms with Crippen molar-refractivity contribution in [2.75, 3.05) is 7.05 Å². The molecule has 0 amide bonds. The van der Waals surface area contributed by atoms with Crippen molar-refractivity contribution in [3.05, 3.63) is 71.3 Å². The van der Waals surface area contributed by atoms with Gasteiger partial charge >= 0.3 is 0 Å². The van der Waals surface area contributed by atoms with Crippen molar-refractivity contribution in [1.29, 1.82) is 0 Å². The van der Waals surface area contributed by atoms with Crippen LogP contribution in [0.3, 0.4) is 0 Å². The minimum atomic E-state index is 0.567. The van der Waals surface area contributed by atoms with Gasteiger partial charge in [-0.05, 0) is 60.0 Å². The molecule has 2 aliphatic carbocycles. The number of fused-ring (bicyclic) bond motifs is 5. The van der Waals surface area contributed by atoms with E-state index >= 15 is 0 Å². The molecule has 0 aromatic heterocycles. The maximum absolute atomic E-state index is 2.58. The van der Waals surface area contributed by atoms with Crippen LogP contribution in [-0.2, 0) is 6.42 Å². The SMILES string of the molecule is CN1[C@H]2C=C[C@@H](CC2)[C@@H]1c1ccc2c(c1)Cc1ccccc1-2. The second kappa shape index (κ2) is 4.57. The molecule has 22 heavy (non-hydrogen) atoms. The van der Waals surface area contributed by atoms with Crippen molar-refractivity contribution in [3.8, 4) is 11.1 Å². The van der Waals surface area contributed by atoms with E-state index in [0.717, 1.165) is 6.42 Å². The van der Waals surface area contributed by atoms with Crippen LogP contribution in [0.1, 0.15) is 35.6 Å². The highest BCUT2D eigenvalue weighted by molar-refractivity contribution is 5.77. The highest BCUT2D eigenvalue weighted by atomic mass is 15.2. The summed E-state index contributed by atoms with van der Waals surface area (Å²) in [5.74, 6) is 0.692. The monoisotopic (exact) mass is 287 g/mol. The van der Waals surface area contributed by atoms with Crippen LogP contribution >= 0.6 is 0 Å². The number of likely N-dealkylation sites (N-methyl/N-ethyl adjacent to an activating group) is 1. The van der Waals surface area contributed by atoms with E-state index in [1.165, 1.54) is 40.7 Å². The highest BCUT2D eigenvalue weighted by Crippen LogP contribution is 2.45. The second-order valence-electron chi connectivity index (χ2n) is 7.05. The first-order chi connectivity index (χ1) is 10.8. The van der Waals surface area contributed by atoms with Crippen LogP contribution in [0.4, 0.5) is 0 Å². The maximum Gasteiger partial charge on any atom is 0.0413 e. The zero-order valence-corrected chi connectivity index (χ0v) is 13.0. The molecule has 4 aliphatic rings. The molecule has 110 valence electrons. The van der Waals surface area contributed by atoms with Gasteiger partial charge in [0.1, 0.15) is 0 Å². The van der Waals surface area contributed by atoms with Gasteiger partial charge in [-0.2, -0.15) is 0 Å². The van der Waals surface area contributed by atoms with Gasteiger partial charge in [0.05, 0.1) is 0 Å². The Morgan fingerprint density at radius 2 is 1.77 bits per heavy atom. The van der Waals surface area contributed by atoms with E-state index in [1.807, 2.05) is 0 Å². The van der Waals surface area contributed by atoms with E-state index in [4.69, 9.17) is 0 Å². The lowest BCUT2D eigenvalue weighted by Gasteiger charge is -2.46. The largest absolute Gasteiger partial charge is 0.292 e. The van der Waals surface area contributed by atoms with Crippen molar-refractivity contribution in [2.45, 2.75) is 31.3 Å². The average Bonchev–Trinajstić information content (AvgIpc) is 2.93. The molecule has 1 heteroatoms. The lowest BCUT2D eigenvalue weighted by Crippen LogP contribution is -2.44. The van der Waals surface area contributed by atoms with E-state index in [1.54, 1.807) is 0 Å². The van der Waals surface area contributed by atoms with Crippen LogP contribution in [0.2, 0.25) is 0 Å². The minimum absolute atomic E-state index is 0.567. The van der Waals surface area contributed by atoms with Crippen LogP contribution in [0, 0.1) is 5.92 Å². The molecule has 0 N–H and O–H groups in total. The summed E-state index contributed by atoms with van der Waals surface area (Å²) in [5, 5.41) is 0. The molecule has 6 rings (SSSR count). The summed E-state index contributed by atoms with van der Waals surface area (Å²) in [6.45, 7) is 0. The third kappa shape index (κ3) is 1.69. The van der Waals surface area contributed by atoms with Crippen molar-refractivity contribution in [1.82, 2.24) is 4.90 Å². The van der Waals surface area contributed by atoms with Crippen LogP contribution in [-0.4, -0.2) is 18.0 Å². The molecule has 0 radical (unpaired) electrons. The molecule has 0 unspecified atom stereocenters. The van der Waals surface area contributed by atoms with Gasteiger partial charge in [-0.1, -0.05) is 54.6 Å². The molecular weight excluding hydrogens is 266 g/mol. The first-order valence-electron chi connectivity index (χ1n) is 8.42. The van der Waals surface area contributed by atoms with Crippen LogP contribution in [0.25, 0.3) is 11.1 Å². The Bertz CT molecular complexity index is 773. The fourth-order valence-electron chi connectivity index (χ4n) is 4.77. The fourth-order valence-corrected chi connectivity index (χ4v) is 4.77. The third-order valence-corrected chi connectivity index (χ3v) is 5.90. The molecule has 2 aliphatic heterocycles. The van der Waals surface area contributed by atoms with E-state index in [0.29, 0.717) is 18.0 Å². The van der Waals surface area contributed by atoms with E-state index < -0.39 is 0 Å². The number of piperidine rings is 1. The summed E-state index contributed by atoms with van der Waals surface area (Å²) in [7, 11) is 2.30. The molecule has 2 bridgehead atoms. The Labute approximate surface area is 132 Å². The summed E-state index contributed by atoms with van der Waals surface area (Å²) < 4.78 is 0. The molecule has 3 atom stereocenters. The smallest absolute Gasteiger partial charge is 0.0413 e. The molecular formula is C21H21N. The first kappa shape index (κ1) is 12.7. The standard InChI is InChI=1S/C21H21N/c1-22-18-9-6-14(7-10-18)21(22)16-8-11-20-17(13-16)12-15-4-2-3-5-19(15)20/h2-6,8-9,11,13-14,18,21H,7,10,12H2,1H3/t14-,18-,21+/m0/s1. The van der Waals surface area contributed by atoms with Crippen LogP contribution in [0.5, 0.6) is 0 Å². The normalized spacial score (nSPS) is 28.7. The Morgan fingerprint density at radius 1 is 0.909 bits per heavy atom. The number of hydrogen-bond donors (Lipinski definition) is 0. The predicted molar refractivity (Wildman–Crippen MR) is 90.8 cm³/mol. The summed E-state index contributed by atoms with van der Waals surface area (Å²) in [6.07, 6.45) is 8.63. The van der Waals surface area contributed by atoms with Gasteiger partial charge in [-0.15, -0.1) is 0 Å². The number of benzene rings is 2. The van der Waals surface area contributed by atoms with Crippen LogP contribution in [0.15, 0.2) is 54.6 Å². The fraction of sp³-hybridized carbons (Fsp3) is 0.333. The van der Waals surface area contributed by atoms with Gasteiger partial charge in [0.2, 0.25) is 0 Å². The quantitative estimate of drug-likeness (QED) is 0.592. The lowest BCUT2D eigenvalue weighted by atomic mass is 9.77. The summed E-state index contributed by atoms with van der Waals surface area (Å²) in [4.78, 5) is 2.58. The van der Waals surface area contributed by atoms with Gasteiger partial charge < -0.3 is 0 Å². The molecule has 0 saturated carbocycles. The number of rotatable bonds is 1. The number of nitrogens with zero attached hydrogens (tertiary/aromatic N) is 1. The van der Waals surface area contributed by atoms with Gasteiger partial charge in [0, 0.05) is 12.1 Å². The predicted octanol–water partition coefficient (Wildman–Crippen LogP) is 4.58. The summed E-state index contributed by atoms with van der Waals surface area (Å²) in [5.41, 5.74) is 7.37. The first-order valence-corrected chi connectivity index (χ1v) is 8.42. The van der Waals surface area contributed by atoms with Gasteiger partial charge in [0.25, 0.3) is 0 Å². The van der Waals surface area contributed by atoms with Crippen molar-refractivity contribution in [3.63, 3.8) is 0 Å². The summed E-state index contributed by atoms with van der Waals surface area (Å²) >= 11 is 0. The molecule has 2 heterocycles. The second-order valence-corrected chi connectivity index (χ2v) is 7.05. The molecule has 1 saturated heterocycles. The topological polar surface area (TPSA) is 3.24 Å². The van der Waals surface area contributed by atoms with E-state index in [9.17, 15) is 0 Å². The highest BCUT2D eigenvalue weighted by Gasteiger charge is 2.37. The third-order valence-electron chi connectivity index (χ3n) is 5.90. The number of hydrogen-bond acceptors (Lipinski definition) is 1. The zero-order chi connectivity index (χ0) is 14.7. The Morgan fingerprint density at radius 3 is 2.59 bits per heavy atom. The maximum atomic E-state index is 2.58. The van der Waals surface area contributed by atoms with Crippen molar-refractivity contribution in [2.24, 2.45) is 5.92 Å². The molecule has 2 aromatic rings. The Balaban J connectivity index is 1.56. The van der Waals surface area contributed by atoms with Crippen molar-refractivity contribution >= 4 is 0 Å². The Kier molecular flexibility index (Phi) is 2.63. The molecule has 1 fully saturated rings. The van der Waals surface area contributed by atoms with Gasteiger partial charge in [0.15, 0.2) is 0 Å². The summed E-state index contributed by atoms with van der Waals surface area (Å²) in [6, 6.07) is 17.3.